The minimum Gasteiger partial charge on any atom is -0.294 e. The van der Waals surface area contributed by atoms with Crippen molar-refractivity contribution in [3.05, 3.63) is 70.5 Å². The number of benzene rings is 2. The molecule has 0 saturated carbocycles. The Morgan fingerprint density at radius 3 is 2.35 bits per heavy atom. The number of rotatable bonds is 3. The Hall–Kier alpha value is -1.67. The van der Waals surface area contributed by atoms with Crippen LogP contribution < -0.4 is 0 Å². The van der Waals surface area contributed by atoms with Gasteiger partial charge in [0.05, 0.1) is 5.02 Å². The van der Waals surface area contributed by atoms with Crippen molar-refractivity contribution >= 4 is 17.4 Å². The highest BCUT2D eigenvalue weighted by Gasteiger charge is 2.10. The van der Waals surface area contributed by atoms with Gasteiger partial charge in [-0.3, -0.25) is 4.79 Å². The summed E-state index contributed by atoms with van der Waals surface area (Å²) in [5, 5.41) is 0.444. The van der Waals surface area contributed by atoms with Gasteiger partial charge in [0.1, 0.15) is 5.82 Å². The molecular weight excluding hydrogens is 239 g/mol. The quantitative estimate of drug-likeness (QED) is 0.753. The number of carbonyl (C=O) groups excluding carboxylic acids is 1. The Balaban J connectivity index is 2.17. The van der Waals surface area contributed by atoms with E-state index in [0.29, 0.717) is 10.6 Å². The smallest absolute Gasteiger partial charge is 0.168 e. The highest BCUT2D eigenvalue weighted by molar-refractivity contribution is 6.34. The van der Waals surface area contributed by atoms with Crippen LogP contribution in [-0.4, -0.2) is 5.78 Å². The second-order valence-corrected chi connectivity index (χ2v) is 4.11. The average molecular weight is 249 g/mol. The predicted octanol–water partition coefficient (Wildman–Crippen LogP) is 3.90. The summed E-state index contributed by atoms with van der Waals surface area (Å²) in [5.74, 6) is -0.374. The molecule has 2 rings (SSSR count). The van der Waals surface area contributed by atoms with Crippen molar-refractivity contribution in [2.24, 2.45) is 0 Å². The Labute approximate surface area is 104 Å². The zero-order valence-electron chi connectivity index (χ0n) is 8.99. The SMILES string of the molecule is O=C(Cc1ccc(F)cc1)c1ccccc1Cl. The number of hydrogen-bond donors (Lipinski definition) is 0. The lowest BCUT2D eigenvalue weighted by Crippen LogP contribution is -2.04. The van der Waals surface area contributed by atoms with Crippen LogP contribution >= 0.6 is 11.6 Å². The van der Waals surface area contributed by atoms with Crippen LogP contribution in [0.3, 0.4) is 0 Å². The van der Waals surface area contributed by atoms with Crippen LogP contribution in [0.1, 0.15) is 15.9 Å². The molecule has 0 unspecified atom stereocenters. The molecule has 17 heavy (non-hydrogen) atoms. The second kappa shape index (κ2) is 5.11. The normalized spacial score (nSPS) is 10.2. The van der Waals surface area contributed by atoms with Gasteiger partial charge in [0.2, 0.25) is 0 Å². The molecule has 0 aliphatic rings. The lowest BCUT2D eigenvalue weighted by atomic mass is 10.0. The van der Waals surface area contributed by atoms with E-state index in [2.05, 4.69) is 0 Å². The van der Waals surface area contributed by atoms with Gasteiger partial charge in [0.15, 0.2) is 5.78 Å². The van der Waals surface area contributed by atoms with Gasteiger partial charge >= 0.3 is 0 Å². The summed E-state index contributed by atoms with van der Waals surface area (Å²) in [5.41, 5.74) is 1.27. The van der Waals surface area contributed by atoms with Crippen LogP contribution in [0.5, 0.6) is 0 Å². The molecule has 86 valence electrons. The number of hydrogen-bond acceptors (Lipinski definition) is 1. The van der Waals surface area contributed by atoms with E-state index in [1.807, 2.05) is 0 Å². The molecule has 3 heteroatoms. The van der Waals surface area contributed by atoms with Crippen LogP contribution in [0.4, 0.5) is 4.39 Å². The third-order valence-electron chi connectivity index (χ3n) is 2.45. The zero-order valence-corrected chi connectivity index (χ0v) is 9.75. The minimum absolute atomic E-state index is 0.0674. The third-order valence-corrected chi connectivity index (χ3v) is 2.78. The van der Waals surface area contributed by atoms with E-state index in [1.54, 1.807) is 36.4 Å². The number of Topliss-reactive ketones (excluding diaryl/α,β-unsaturated/α-hetero) is 1. The first-order chi connectivity index (χ1) is 8.16. The molecule has 0 amide bonds. The molecule has 0 saturated heterocycles. The Kier molecular flexibility index (Phi) is 3.55. The van der Waals surface area contributed by atoms with Gasteiger partial charge in [-0.1, -0.05) is 35.9 Å². The molecule has 1 nitrogen and oxygen atoms in total. The van der Waals surface area contributed by atoms with E-state index >= 15 is 0 Å². The second-order valence-electron chi connectivity index (χ2n) is 3.71. The van der Waals surface area contributed by atoms with Gasteiger partial charge in [-0.15, -0.1) is 0 Å². The van der Waals surface area contributed by atoms with Crippen LogP contribution in [0, 0.1) is 5.82 Å². The maximum absolute atomic E-state index is 12.7. The fourth-order valence-electron chi connectivity index (χ4n) is 1.57. The molecule has 0 fully saturated rings. The van der Waals surface area contributed by atoms with Crippen molar-refractivity contribution in [1.82, 2.24) is 0 Å². The molecule has 0 heterocycles. The van der Waals surface area contributed by atoms with Crippen LogP contribution in [0.15, 0.2) is 48.5 Å². The fraction of sp³-hybridized carbons (Fsp3) is 0.0714. The van der Waals surface area contributed by atoms with Crippen LogP contribution in [-0.2, 0) is 6.42 Å². The average Bonchev–Trinajstić information content (AvgIpc) is 2.32. The van der Waals surface area contributed by atoms with Crippen molar-refractivity contribution < 1.29 is 9.18 Å². The van der Waals surface area contributed by atoms with Crippen molar-refractivity contribution in [2.45, 2.75) is 6.42 Å². The van der Waals surface area contributed by atoms with E-state index in [9.17, 15) is 9.18 Å². The van der Waals surface area contributed by atoms with Gasteiger partial charge in [-0.05, 0) is 29.8 Å². The number of carbonyl (C=O) groups is 1. The number of ketones is 1. The molecule has 0 aliphatic carbocycles. The molecule has 0 bridgehead atoms. The largest absolute Gasteiger partial charge is 0.294 e. The first-order valence-corrected chi connectivity index (χ1v) is 5.57. The maximum Gasteiger partial charge on any atom is 0.168 e. The topological polar surface area (TPSA) is 17.1 Å². The van der Waals surface area contributed by atoms with Crippen molar-refractivity contribution in [3.8, 4) is 0 Å². The maximum atomic E-state index is 12.7. The van der Waals surface area contributed by atoms with Crippen molar-refractivity contribution in [1.29, 1.82) is 0 Å². The summed E-state index contributed by atoms with van der Waals surface area (Å²) < 4.78 is 12.7. The first kappa shape index (κ1) is 11.8. The molecule has 2 aromatic carbocycles. The molecule has 0 radical (unpaired) electrons. The molecular formula is C14H10ClFO. The summed E-state index contributed by atoms with van der Waals surface area (Å²) in [6.07, 6.45) is 0.226. The molecule has 0 atom stereocenters. The van der Waals surface area contributed by atoms with Crippen molar-refractivity contribution in [2.75, 3.05) is 0 Å². The van der Waals surface area contributed by atoms with Gasteiger partial charge in [-0.25, -0.2) is 4.39 Å². The van der Waals surface area contributed by atoms with E-state index in [0.717, 1.165) is 5.56 Å². The molecule has 2 aromatic rings. The third kappa shape index (κ3) is 2.92. The molecule has 0 spiro atoms. The van der Waals surface area contributed by atoms with E-state index < -0.39 is 0 Å². The van der Waals surface area contributed by atoms with Gasteiger partial charge < -0.3 is 0 Å². The summed E-state index contributed by atoms with van der Waals surface area (Å²) in [6, 6.07) is 12.8. The highest BCUT2D eigenvalue weighted by Crippen LogP contribution is 2.17. The lowest BCUT2D eigenvalue weighted by molar-refractivity contribution is 0.0993. The van der Waals surface area contributed by atoms with E-state index in [-0.39, 0.29) is 18.0 Å². The summed E-state index contributed by atoms with van der Waals surface area (Å²) in [6.45, 7) is 0. The summed E-state index contributed by atoms with van der Waals surface area (Å²) >= 11 is 5.93. The Morgan fingerprint density at radius 2 is 1.71 bits per heavy atom. The van der Waals surface area contributed by atoms with Crippen LogP contribution in [0.2, 0.25) is 5.02 Å². The van der Waals surface area contributed by atoms with Crippen molar-refractivity contribution in [3.63, 3.8) is 0 Å². The van der Waals surface area contributed by atoms with Gasteiger partial charge in [0, 0.05) is 12.0 Å². The first-order valence-electron chi connectivity index (χ1n) is 5.19. The predicted molar refractivity (Wildman–Crippen MR) is 65.9 cm³/mol. The molecule has 0 aromatic heterocycles. The van der Waals surface area contributed by atoms with E-state index in [4.69, 9.17) is 11.6 Å². The minimum atomic E-state index is -0.307. The van der Waals surface area contributed by atoms with E-state index in [1.165, 1.54) is 12.1 Å². The standard InChI is InChI=1S/C14H10ClFO/c15-13-4-2-1-3-12(13)14(17)9-10-5-7-11(16)8-6-10/h1-8H,9H2. The summed E-state index contributed by atoms with van der Waals surface area (Å²) in [4.78, 5) is 11.9. The van der Waals surface area contributed by atoms with Gasteiger partial charge in [-0.2, -0.15) is 0 Å². The molecule has 0 aliphatic heterocycles. The Bertz CT molecular complexity index is 534. The fourth-order valence-corrected chi connectivity index (χ4v) is 1.81. The monoisotopic (exact) mass is 248 g/mol. The van der Waals surface area contributed by atoms with Crippen LogP contribution in [0.25, 0.3) is 0 Å². The highest BCUT2D eigenvalue weighted by atomic mass is 35.5. The zero-order chi connectivity index (χ0) is 12.3. The number of halogens is 2. The Morgan fingerprint density at radius 1 is 1.06 bits per heavy atom. The molecule has 0 N–H and O–H groups in total. The van der Waals surface area contributed by atoms with Gasteiger partial charge in [0.25, 0.3) is 0 Å². The summed E-state index contributed by atoms with van der Waals surface area (Å²) in [7, 11) is 0. The lowest BCUT2D eigenvalue weighted by Gasteiger charge is -2.03.